The summed E-state index contributed by atoms with van der Waals surface area (Å²) in [6, 6.07) is 11.0. The Morgan fingerprint density at radius 2 is 1.87 bits per heavy atom. The van der Waals surface area contributed by atoms with Gasteiger partial charge in [-0.05, 0) is 50.5 Å². The number of piperazine rings is 1. The van der Waals surface area contributed by atoms with E-state index in [-0.39, 0.29) is 29.2 Å². The van der Waals surface area contributed by atoms with Crippen LogP contribution in [-0.2, 0) is 19.6 Å². The summed E-state index contributed by atoms with van der Waals surface area (Å²) in [5.41, 5.74) is 2.04. The molecule has 3 aliphatic heterocycles. The highest BCUT2D eigenvalue weighted by atomic mass is 32.2. The van der Waals surface area contributed by atoms with Crippen LogP contribution in [0, 0.1) is 12.8 Å². The number of piperidine rings is 1. The first-order chi connectivity index (χ1) is 18.2. The molecule has 0 radical (unpaired) electrons. The number of ether oxygens (including phenoxy) is 2. The molecule has 2 aromatic rings. The molecule has 2 saturated heterocycles. The van der Waals surface area contributed by atoms with Gasteiger partial charge < -0.3 is 24.6 Å². The van der Waals surface area contributed by atoms with E-state index in [9.17, 15) is 18.0 Å². The maximum absolute atomic E-state index is 13.7. The van der Waals surface area contributed by atoms with E-state index in [4.69, 9.17) is 9.47 Å². The number of fused-ring (bicyclic) bond motifs is 1. The molecule has 0 saturated carbocycles. The summed E-state index contributed by atoms with van der Waals surface area (Å²) in [6.07, 6.45) is 0.575. The number of amides is 2. The Hall–Kier alpha value is -3.31. The van der Waals surface area contributed by atoms with Crippen LogP contribution in [0.1, 0.15) is 25.3 Å². The minimum atomic E-state index is -3.86. The molecule has 2 amide bonds. The van der Waals surface area contributed by atoms with Gasteiger partial charge >= 0.3 is 0 Å². The van der Waals surface area contributed by atoms with Crippen LogP contribution in [-0.4, -0.2) is 81.9 Å². The number of hydrogen-bond acceptors (Lipinski definition) is 7. The highest BCUT2D eigenvalue weighted by molar-refractivity contribution is 7.89. The molecule has 1 N–H and O–H groups in total. The zero-order valence-electron chi connectivity index (χ0n) is 22.0. The number of hydrogen-bond donors (Lipinski definition) is 1. The molecule has 2 atom stereocenters. The van der Waals surface area contributed by atoms with Crippen molar-refractivity contribution in [3.05, 3.63) is 42.0 Å². The maximum Gasteiger partial charge on any atom is 0.265 e. The number of carbonyl (C=O) groups is 2. The van der Waals surface area contributed by atoms with E-state index in [1.54, 1.807) is 27.0 Å². The van der Waals surface area contributed by atoms with Crippen LogP contribution in [0.25, 0.3) is 0 Å². The number of aryl methyl sites for hydroxylation is 1. The second-order valence-corrected chi connectivity index (χ2v) is 12.0. The van der Waals surface area contributed by atoms with E-state index in [0.717, 1.165) is 11.4 Å². The van der Waals surface area contributed by atoms with Crippen molar-refractivity contribution in [2.75, 3.05) is 56.6 Å². The zero-order chi connectivity index (χ0) is 27.0. The summed E-state index contributed by atoms with van der Waals surface area (Å²) >= 11 is 0. The standard InChI is InChI=1S/C27H34N4O6S/c1-18-14-23-24(37-19(2)26(32)28-23)16-25(18)38(34,35)31-9-5-6-20(17-31)27(33)30-12-10-29(11-13-30)21-7-4-8-22(15-21)36-3/h4,7-8,14-16,19-20H,5-6,9-13,17H2,1-3H3,(H,28,32)/t19-,20-/m0/s1. The van der Waals surface area contributed by atoms with Crippen LogP contribution in [0.2, 0.25) is 0 Å². The number of methoxy groups -OCH3 is 1. The minimum Gasteiger partial charge on any atom is -0.497 e. The molecule has 2 aromatic carbocycles. The van der Waals surface area contributed by atoms with Crippen molar-refractivity contribution < 1.29 is 27.5 Å². The van der Waals surface area contributed by atoms with E-state index in [0.29, 0.717) is 62.6 Å². The van der Waals surface area contributed by atoms with Crippen molar-refractivity contribution in [3.63, 3.8) is 0 Å². The van der Waals surface area contributed by atoms with Crippen LogP contribution >= 0.6 is 0 Å². The predicted octanol–water partition coefficient (Wildman–Crippen LogP) is 2.47. The Morgan fingerprint density at radius 3 is 2.61 bits per heavy atom. The van der Waals surface area contributed by atoms with Gasteiger partial charge in [-0.1, -0.05) is 6.07 Å². The third-order valence-electron chi connectivity index (χ3n) is 7.57. The van der Waals surface area contributed by atoms with Gasteiger partial charge in [-0.15, -0.1) is 0 Å². The maximum atomic E-state index is 13.7. The molecule has 0 aliphatic carbocycles. The normalized spacial score (nSPS) is 22.3. The first-order valence-electron chi connectivity index (χ1n) is 13.0. The molecule has 0 bridgehead atoms. The summed E-state index contributed by atoms with van der Waals surface area (Å²) in [7, 11) is -2.21. The number of benzene rings is 2. The third-order valence-corrected chi connectivity index (χ3v) is 9.58. The van der Waals surface area contributed by atoms with Gasteiger partial charge in [0.15, 0.2) is 6.10 Å². The van der Waals surface area contributed by atoms with Crippen molar-refractivity contribution in [2.45, 2.75) is 37.7 Å². The fourth-order valence-electron chi connectivity index (χ4n) is 5.37. The van der Waals surface area contributed by atoms with Crippen molar-refractivity contribution in [1.29, 1.82) is 0 Å². The highest BCUT2D eigenvalue weighted by Crippen LogP contribution is 2.36. The van der Waals surface area contributed by atoms with Gasteiger partial charge in [0.1, 0.15) is 11.5 Å². The lowest BCUT2D eigenvalue weighted by Crippen LogP contribution is -2.53. The van der Waals surface area contributed by atoms with Crippen molar-refractivity contribution in [1.82, 2.24) is 9.21 Å². The van der Waals surface area contributed by atoms with Crippen LogP contribution in [0.5, 0.6) is 11.5 Å². The van der Waals surface area contributed by atoms with Gasteiger partial charge in [-0.3, -0.25) is 9.59 Å². The smallest absolute Gasteiger partial charge is 0.265 e. The molecular formula is C27H34N4O6S. The molecule has 2 fully saturated rings. The molecule has 3 heterocycles. The molecule has 0 aromatic heterocycles. The van der Waals surface area contributed by atoms with Gasteiger partial charge in [0.25, 0.3) is 5.91 Å². The zero-order valence-corrected chi connectivity index (χ0v) is 22.8. The first kappa shape index (κ1) is 26.3. The highest BCUT2D eigenvalue weighted by Gasteiger charge is 2.37. The van der Waals surface area contributed by atoms with Crippen LogP contribution in [0.4, 0.5) is 11.4 Å². The summed E-state index contributed by atoms with van der Waals surface area (Å²) in [5.74, 6) is 0.492. The average molecular weight is 543 g/mol. The first-order valence-corrected chi connectivity index (χ1v) is 14.4. The quantitative estimate of drug-likeness (QED) is 0.618. The predicted molar refractivity (Wildman–Crippen MR) is 143 cm³/mol. The summed E-state index contributed by atoms with van der Waals surface area (Å²) in [5, 5.41) is 2.75. The fourth-order valence-corrected chi connectivity index (χ4v) is 7.12. The Balaban J connectivity index is 1.26. The summed E-state index contributed by atoms with van der Waals surface area (Å²) in [4.78, 5) is 29.6. The lowest BCUT2D eigenvalue weighted by Gasteiger charge is -2.39. The van der Waals surface area contributed by atoms with Gasteiger partial charge in [-0.25, -0.2) is 8.42 Å². The Morgan fingerprint density at radius 1 is 1.11 bits per heavy atom. The number of nitrogens with zero attached hydrogens (tertiary/aromatic N) is 3. The largest absolute Gasteiger partial charge is 0.497 e. The second-order valence-electron chi connectivity index (χ2n) is 10.1. The summed E-state index contributed by atoms with van der Waals surface area (Å²) in [6.45, 7) is 6.42. The SMILES string of the molecule is COc1cccc(N2CCN(C(=O)[C@H]3CCCN(S(=O)(=O)c4cc5c(cc4C)NC(=O)[C@H](C)O5)C3)CC2)c1. The molecule has 38 heavy (non-hydrogen) atoms. The monoisotopic (exact) mass is 542 g/mol. The number of rotatable bonds is 5. The number of sulfonamides is 1. The fraction of sp³-hybridized carbons (Fsp3) is 0.481. The Bertz CT molecular complexity index is 1340. The number of nitrogens with one attached hydrogen (secondary N) is 1. The van der Waals surface area contributed by atoms with E-state index < -0.39 is 16.1 Å². The van der Waals surface area contributed by atoms with Gasteiger partial charge in [0, 0.05) is 57.1 Å². The van der Waals surface area contributed by atoms with Crippen LogP contribution in [0.15, 0.2) is 41.3 Å². The van der Waals surface area contributed by atoms with E-state index in [1.165, 1.54) is 10.4 Å². The van der Waals surface area contributed by atoms with Crippen molar-refractivity contribution in [2.24, 2.45) is 5.92 Å². The lowest BCUT2D eigenvalue weighted by atomic mass is 9.97. The minimum absolute atomic E-state index is 0.0113. The molecular weight excluding hydrogens is 508 g/mol. The number of anilines is 2. The van der Waals surface area contributed by atoms with Crippen molar-refractivity contribution in [3.8, 4) is 11.5 Å². The van der Waals surface area contributed by atoms with Gasteiger partial charge in [-0.2, -0.15) is 4.31 Å². The second kappa shape index (κ2) is 10.5. The van der Waals surface area contributed by atoms with Crippen LogP contribution < -0.4 is 19.7 Å². The topological polar surface area (TPSA) is 108 Å². The van der Waals surface area contributed by atoms with E-state index in [2.05, 4.69) is 10.2 Å². The average Bonchev–Trinajstić information content (AvgIpc) is 2.93. The molecule has 11 heteroatoms. The Kier molecular flexibility index (Phi) is 7.23. The van der Waals surface area contributed by atoms with E-state index >= 15 is 0 Å². The lowest BCUT2D eigenvalue weighted by molar-refractivity contribution is -0.137. The van der Waals surface area contributed by atoms with Crippen LogP contribution in [0.3, 0.4) is 0 Å². The molecule has 0 spiro atoms. The molecule has 204 valence electrons. The molecule has 10 nitrogen and oxygen atoms in total. The van der Waals surface area contributed by atoms with E-state index in [1.807, 2.05) is 29.2 Å². The Labute approximate surface area is 223 Å². The molecule has 5 rings (SSSR count). The molecule has 0 unspecified atom stereocenters. The van der Waals surface area contributed by atoms with Crippen molar-refractivity contribution >= 4 is 33.2 Å². The van der Waals surface area contributed by atoms with Gasteiger partial charge in [0.05, 0.1) is 23.6 Å². The summed E-state index contributed by atoms with van der Waals surface area (Å²) < 4.78 is 39.8. The number of carbonyl (C=O) groups excluding carboxylic acids is 2. The third kappa shape index (κ3) is 5.04. The van der Waals surface area contributed by atoms with Gasteiger partial charge in [0.2, 0.25) is 15.9 Å². The molecule has 3 aliphatic rings.